The lowest BCUT2D eigenvalue weighted by Crippen LogP contribution is -2.37. The minimum atomic E-state index is -0.360. The van der Waals surface area contributed by atoms with Gasteiger partial charge in [0.05, 0.1) is 12.7 Å². The van der Waals surface area contributed by atoms with Gasteiger partial charge in [0.2, 0.25) is 0 Å². The molecule has 206 valence electrons. The molecule has 4 aromatic rings. The maximum atomic E-state index is 12.5. The Morgan fingerprint density at radius 2 is 0.816 bits per heavy atom. The van der Waals surface area contributed by atoms with Gasteiger partial charge in [0.15, 0.2) is 22.3 Å². The SMILES string of the molecule is Cn1c(=O)c2c(ncn2CCCCCCCCCCCCn2cnc3c2c(=O)n(C)c(=O)n3C)n(C)c1=O. The van der Waals surface area contributed by atoms with Crippen LogP contribution in [-0.4, -0.2) is 37.4 Å². The molecule has 0 unspecified atom stereocenters. The predicted molar refractivity (Wildman–Crippen MR) is 147 cm³/mol. The summed E-state index contributed by atoms with van der Waals surface area (Å²) in [5.74, 6) is 0. The molecule has 0 atom stereocenters. The molecule has 0 aliphatic rings. The molecule has 38 heavy (non-hydrogen) atoms. The normalized spacial score (nSPS) is 11.8. The fourth-order valence-electron chi connectivity index (χ4n) is 5.11. The number of fused-ring (bicyclic) bond motifs is 2. The molecule has 0 saturated heterocycles. The number of aryl methyl sites for hydroxylation is 4. The molecule has 0 aliphatic carbocycles. The summed E-state index contributed by atoms with van der Waals surface area (Å²) >= 11 is 0. The van der Waals surface area contributed by atoms with Crippen LogP contribution in [0.25, 0.3) is 22.3 Å². The first-order valence-corrected chi connectivity index (χ1v) is 13.5. The van der Waals surface area contributed by atoms with Crippen LogP contribution in [0.2, 0.25) is 0 Å². The van der Waals surface area contributed by atoms with Gasteiger partial charge in [0.1, 0.15) is 0 Å². The van der Waals surface area contributed by atoms with Gasteiger partial charge in [0.25, 0.3) is 11.1 Å². The van der Waals surface area contributed by atoms with E-state index in [9.17, 15) is 19.2 Å². The van der Waals surface area contributed by atoms with E-state index < -0.39 is 0 Å². The molecule has 12 nitrogen and oxygen atoms in total. The number of hydrogen-bond donors (Lipinski definition) is 0. The summed E-state index contributed by atoms with van der Waals surface area (Å²) in [6, 6.07) is 0. The van der Waals surface area contributed by atoms with Crippen LogP contribution in [0.1, 0.15) is 64.2 Å². The Bertz CT molecular complexity index is 1540. The van der Waals surface area contributed by atoms with Crippen molar-refractivity contribution in [2.45, 2.75) is 77.3 Å². The highest BCUT2D eigenvalue weighted by Gasteiger charge is 2.15. The summed E-state index contributed by atoms with van der Waals surface area (Å²) in [4.78, 5) is 57.7. The molecule has 0 radical (unpaired) electrons. The number of nitrogens with zero attached hydrogens (tertiary/aromatic N) is 8. The average Bonchev–Trinajstić information content (AvgIpc) is 3.53. The van der Waals surface area contributed by atoms with E-state index in [0.29, 0.717) is 22.3 Å². The first kappa shape index (κ1) is 27.3. The van der Waals surface area contributed by atoms with Crippen molar-refractivity contribution in [1.29, 1.82) is 0 Å². The summed E-state index contributed by atoms with van der Waals surface area (Å²) in [6.45, 7) is 1.44. The molecule has 12 heteroatoms. The Morgan fingerprint density at radius 1 is 0.500 bits per heavy atom. The summed E-state index contributed by atoms with van der Waals surface area (Å²) in [6.07, 6.45) is 14.6. The molecule has 4 heterocycles. The van der Waals surface area contributed by atoms with Crippen LogP contribution < -0.4 is 22.5 Å². The van der Waals surface area contributed by atoms with Crippen LogP contribution in [0.4, 0.5) is 0 Å². The van der Waals surface area contributed by atoms with Crippen molar-refractivity contribution in [3.8, 4) is 0 Å². The van der Waals surface area contributed by atoms with Gasteiger partial charge in [-0.1, -0.05) is 51.4 Å². The van der Waals surface area contributed by atoms with Gasteiger partial charge in [-0.15, -0.1) is 0 Å². The molecule has 0 fully saturated rings. The molecule has 0 aliphatic heterocycles. The van der Waals surface area contributed by atoms with E-state index in [1.165, 1.54) is 48.9 Å². The predicted octanol–water partition coefficient (Wildman–Crippen LogP) is 1.78. The van der Waals surface area contributed by atoms with E-state index in [-0.39, 0.29) is 22.5 Å². The van der Waals surface area contributed by atoms with Gasteiger partial charge in [-0.25, -0.2) is 19.6 Å². The smallest absolute Gasteiger partial charge is 0.325 e. The zero-order valence-corrected chi connectivity index (χ0v) is 22.9. The molecule has 0 amide bonds. The first-order chi connectivity index (χ1) is 18.2. The maximum absolute atomic E-state index is 12.5. The number of aromatic nitrogens is 8. The molecular formula is C26H38N8O4. The van der Waals surface area contributed by atoms with Crippen LogP contribution in [0, 0.1) is 0 Å². The van der Waals surface area contributed by atoms with Gasteiger partial charge < -0.3 is 9.13 Å². The van der Waals surface area contributed by atoms with Crippen molar-refractivity contribution in [2.24, 2.45) is 28.2 Å². The van der Waals surface area contributed by atoms with Crippen molar-refractivity contribution in [1.82, 2.24) is 37.4 Å². The molecule has 0 bridgehead atoms. The lowest BCUT2D eigenvalue weighted by Gasteiger charge is -2.07. The van der Waals surface area contributed by atoms with Crippen LogP contribution >= 0.6 is 0 Å². The van der Waals surface area contributed by atoms with E-state index in [2.05, 4.69) is 9.97 Å². The fourth-order valence-corrected chi connectivity index (χ4v) is 5.11. The Kier molecular flexibility index (Phi) is 8.48. The Balaban J connectivity index is 1.10. The van der Waals surface area contributed by atoms with E-state index in [0.717, 1.165) is 60.7 Å². The molecule has 0 aromatic carbocycles. The van der Waals surface area contributed by atoms with Crippen LogP contribution in [0.15, 0.2) is 31.8 Å². The van der Waals surface area contributed by atoms with Crippen LogP contribution in [-0.2, 0) is 41.3 Å². The first-order valence-electron chi connectivity index (χ1n) is 13.5. The monoisotopic (exact) mass is 526 g/mol. The molecular weight excluding hydrogens is 488 g/mol. The highest BCUT2D eigenvalue weighted by molar-refractivity contribution is 5.70. The van der Waals surface area contributed by atoms with E-state index >= 15 is 0 Å². The van der Waals surface area contributed by atoms with Gasteiger partial charge in [-0.2, -0.15) is 0 Å². The maximum Gasteiger partial charge on any atom is 0.332 e. The number of rotatable bonds is 13. The van der Waals surface area contributed by atoms with Crippen molar-refractivity contribution in [3.05, 3.63) is 54.3 Å². The van der Waals surface area contributed by atoms with E-state index in [1.807, 2.05) is 9.13 Å². The quantitative estimate of drug-likeness (QED) is 0.245. The van der Waals surface area contributed by atoms with Crippen molar-refractivity contribution < 1.29 is 0 Å². The molecule has 4 aromatic heterocycles. The largest absolute Gasteiger partial charge is 0.332 e. The Morgan fingerprint density at radius 3 is 1.16 bits per heavy atom. The fraction of sp³-hybridized carbons (Fsp3) is 0.615. The third kappa shape index (κ3) is 5.30. The zero-order chi connectivity index (χ0) is 27.4. The third-order valence-electron chi connectivity index (χ3n) is 7.48. The standard InChI is InChI=1S/C26H38N8O4/c1-29-21-19(23(35)31(3)25(29)37)33(17-27-21)15-13-11-9-7-5-6-8-10-12-14-16-34-18-28-22-20(34)24(36)32(4)26(38)30(22)2/h17-18H,5-16H2,1-4H3. The Hall–Kier alpha value is -3.70. The minimum Gasteiger partial charge on any atom is -0.325 e. The third-order valence-corrected chi connectivity index (χ3v) is 7.48. The number of unbranched alkanes of at least 4 members (excludes halogenated alkanes) is 9. The lowest BCUT2D eigenvalue weighted by molar-refractivity contribution is 0.525. The summed E-state index contributed by atoms with van der Waals surface area (Å²) in [5, 5.41) is 0. The molecule has 0 spiro atoms. The van der Waals surface area contributed by atoms with Crippen LogP contribution in [0.5, 0.6) is 0 Å². The van der Waals surface area contributed by atoms with E-state index in [4.69, 9.17) is 0 Å². The topological polar surface area (TPSA) is 124 Å². The molecule has 4 rings (SSSR count). The summed E-state index contributed by atoms with van der Waals surface area (Å²) < 4.78 is 8.82. The average molecular weight is 527 g/mol. The minimum absolute atomic E-state index is 0.296. The van der Waals surface area contributed by atoms with Crippen molar-refractivity contribution in [2.75, 3.05) is 0 Å². The van der Waals surface area contributed by atoms with Crippen molar-refractivity contribution in [3.63, 3.8) is 0 Å². The highest BCUT2D eigenvalue weighted by Crippen LogP contribution is 2.14. The second kappa shape index (κ2) is 11.8. The van der Waals surface area contributed by atoms with Gasteiger partial charge >= 0.3 is 11.4 Å². The molecule has 0 saturated carbocycles. The summed E-state index contributed by atoms with van der Waals surface area (Å²) in [7, 11) is 6.27. The molecule has 0 N–H and O–H groups in total. The second-order valence-corrected chi connectivity index (χ2v) is 10.2. The second-order valence-electron chi connectivity index (χ2n) is 10.2. The van der Waals surface area contributed by atoms with Crippen molar-refractivity contribution >= 4 is 22.3 Å². The van der Waals surface area contributed by atoms with Gasteiger partial charge in [-0.3, -0.25) is 27.9 Å². The Labute approximate surface area is 219 Å². The zero-order valence-electron chi connectivity index (χ0n) is 22.9. The number of hydrogen-bond acceptors (Lipinski definition) is 6. The van der Waals surface area contributed by atoms with E-state index in [1.54, 1.807) is 26.7 Å². The summed E-state index contributed by atoms with van der Waals surface area (Å²) in [5.41, 5.74) is 0.542. The van der Waals surface area contributed by atoms with Crippen LogP contribution in [0.3, 0.4) is 0 Å². The number of imidazole rings is 2. The van der Waals surface area contributed by atoms with Gasteiger partial charge in [-0.05, 0) is 12.8 Å². The highest BCUT2D eigenvalue weighted by atomic mass is 16.2. The lowest BCUT2D eigenvalue weighted by atomic mass is 10.1. The van der Waals surface area contributed by atoms with Gasteiger partial charge in [0, 0.05) is 41.3 Å².